The monoisotopic (exact) mass is 400 g/mol. The van der Waals surface area contributed by atoms with Crippen LogP contribution in [0.3, 0.4) is 0 Å². The SMILES string of the molecule is O=C(O)CCc1sccc1C1Cc2c(ccc3c2ccc2ccccc23)CC1=O. The average molecular weight is 400 g/mol. The maximum absolute atomic E-state index is 13.0. The van der Waals surface area contributed by atoms with E-state index in [1.54, 1.807) is 11.3 Å². The molecule has 4 heteroatoms. The van der Waals surface area contributed by atoms with Crippen LogP contribution >= 0.6 is 11.3 Å². The maximum Gasteiger partial charge on any atom is 0.303 e. The lowest BCUT2D eigenvalue weighted by atomic mass is 9.77. The molecular weight excluding hydrogens is 380 g/mol. The van der Waals surface area contributed by atoms with Crippen LogP contribution in [0.4, 0.5) is 0 Å². The zero-order chi connectivity index (χ0) is 20.0. The van der Waals surface area contributed by atoms with Crippen LogP contribution in [0.2, 0.25) is 0 Å². The van der Waals surface area contributed by atoms with Crippen LogP contribution in [-0.4, -0.2) is 16.9 Å². The van der Waals surface area contributed by atoms with E-state index in [1.165, 1.54) is 27.1 Å². The van der Waals surface area contributed by atoms with Gasteiger partial charge in [-0.2, -0.15) is 0 Å². The highest BCUT2D eigenvalue weighted by Gasteiger charge is 2.31. The number of fused-ring (bicyclic) bond motifs is 5. The van der Waals surface area contributed by atoms with E-state index in [-0.39, 0.29) is 18.1 Å². The van der Waals surface area contributed by atoms with E-state index in [4.69, 9.17) is 5.11 Å². The first kappa shape index (κ1) is 18.1. The van der Waals surface area contributed by atoms with Crippen LogP contribution in [0.15, 0.2) is 60.0 Å². The Kier molecular flexibility index (Phi) is 4.44. The second-order valence-electron chi connectivity index (χ2n) is 7.68. The summed E-state index contributed by atoms with van der Waals surface area (Å²) in [5, 5.41) is 15.9. The molecule has 0 radical (unpaired) electrons. The second kappa shape index (κ2) is 7.12. The van der Waals surface area contributed by atoms with E-state index in [1.807, 2.05) is 11.4 Å². The molecular formula is C25H20O3S. The molecule has 4 aromatic rings. The maximum atomic E-state index is 13.0. The van der Waals surface area contributed by atoms with Crippen molar-refractivity contribution in [1.82, 2.24) is 0 Å². The van der Waals surface area contributed by atoms with Crippen molar-refractivity contribution in [3.8, 4) is 0 Å². The van der Waals surface area contributed by atoms with Crippen LogP contribution in [0, 0.1) is 0 Å². The third kappa shape index (κ3) is 3.14. The van der Waals surface area contributed by atoms with Crippen LogP contribution < -0.4 is 0 Å². The number of hydrogen-bond acceptors (Lipinski definition) is 3. The Morgan fingerprint density at radius 1 is 1.00 bits per heavy atom. The fourth-order valence-corrected chi connectivity index (χ4v) is 5.54. The Balaban J connectivity index is 1.59. The van der Waals surface area contributed by atoms with Gasteiger partial charge in [-0.1, -0.05) is 48.5 Å². The molecule has 0 fully saturated rings. The van der Waals surface area contributed by atoms with Crippen molar-refractivity contribution < 1.29 is 14.7 Å². The van der Waals surface area contributed by atoms with E-state index in [2.05, 4.69) is 48.5 Å². The van der Waals surface area contributed by atoms with Gasteiger partial charge in [0.15, 0.2) is 0 Å². The van der Waals surface area contributed by atoms with Crippen molar-refractivity contribution in [2.24, 2.45) is 0 Å². The summed E-state index contributed by atoms with van der Waals surface area (Å²) >= 11 is 1.56. The Hall–Kier alpha value is -2.98. The van der Waals surface area contributed by atoms with Gasteiger partial charge in [-0.3, -0.25) is 9.59 Å². The second-order valence-corrected chi connectivity index (χ2v) is 8.68. The lowest BCUT2D eigenvalue weighted by molar-refractivity contribution is -0.136. The summed E-state index contributed by atoms with van der Waals surface area (Å²) in [6, 6.07) is 19.0. The molecule has 1 unspecified atom stereocenters. The summed E-state index contributed by atoms with van der Waals surface area (Å²) < 4.78 is 0. The van der Waals surface area contributed by atoms with Crippen molar-refractivity contribution in [3.05, 3.63) is 81.5 Å². The molecule has 0 saturated carbocycles. The molecule has 0 spiro atoms. The number of carbonyl (C=O) groups is 2. The minimum Gasteiger partial charge on any atom is -0.481 e. The molecule has 5 rings (SSSR count). The number of carboxylic acids is 1. The van der Waals surface area contributed by atoms with Gasteiger partial charge >= 0.3 is 5.97 Å². The van der Waals surface area contributed by atoms with Crippen molar-refractivity contribution in [3.63, 3.8) is 0 Å². The predicted molar refractivity (Wildman–Crippen MR) is 117 cm³/mol. The van der Waals surface area contributed by atoms with Gasteiger partial charge in [0, 0.05) is 17.2 Å². The van der Waals surface area contributed by atoms with Crippen molar-refractivity contribution in [2.45, 2.75) is 31.6 Å². The topological polar surface area (TPSA) is 54.4 Å². The van der Waals surface area contributed by atoms with Crippen LogP contribution in [0.1, 0.15) is 33.9 Å². The molecule has 1 aromatic heterocycles. The van der Waals surface area contributed by atoms with E-state index in [9.17, 15) is 9.59 Å². The minimum atomic E-state index is -0.803. The average Bonchev–Trinajstić information content (AvgIpc) is 3.19. The quantitative estimate of drug-likeness (QED) is 0.459. The predicted octanol–water partition coefficient (Wildman–Crippen LogP) is 5.52. The molecule has 1 aliphatic rings. The summed E-state index contributed by atoms with van der Waals surface area (Å²) in [5.41, 5.74) is 3.40. The molecule has 1 heterocycles. The molecule has 29 heavy (non-hydrogen) atoms. The molecule has 1 atom stereocenters. The largest absolute Gasteiger partial charge is 0.481 e. The summed E-state index contributed by atoms with van der Waals surface area (Å²) in [4.78, 5) is 25.0. The Morgan fingerprint density at radius 3 is 2.69 bits per heavy atom. The third-order valence-electron chi connectivity index (χ3n) is 6.02. The highest BCUT2D eigenvalue weighted by atomic mass is 32.1. The van der Waals surface area contributed by atoms with Crippen molar-refractivity contribution >= 4 is 44.6 Å². The number of carbonyl (C=O) groups excluding carboxylic acids is 1. The van der Waals surface area contributed by atoms with Crippen LogP contribution in [-0.2, 0) is 28.9 Å². The number of benzene rings is 3. The standard InChI is InChI=1S/C25H20O3S/c26-23-13-16-6-8-18-17-4-2-1-3-15(17)5-7-19(18)21(16)14-22(23)20-11-12-29-24(20)9-10-25(27)28/h1-8,11-12,22H,9-10,13-14H2,(H,27,28). The number of hydrogen-bond donors (Lipinski definition) is 1. The molecule has 1 N–H and O–H groups in total. The van der Waals surface area contributed by atoms with Crippen molar-refractivity contribution in [2.75, 3.05) is 0 Å². The molecule has 3 nitrogen and oxygen atoms in total. The molecule has 0 bridgehead atoms. The normalized spacial score (nSPS) is 16.3. The summed E-state index contributed by atoms with van der Waals surface area (Å²) in [7, 11) is 0. The zero-order valence-corrected chi connectivity index (χ0v) is 16.7. The van der Waals surface area contributed by atoms with E-state index < -0.39 is 5.97 Å². The first-order valence-corrected chi connectivity index (χ1v) is 10.7. The lowest BCUT2D eigenvalue weighted by Gasteiger charge is -2.26. The van der Waals surface area contributed by atoms with Gasteiger partial charge in [0.05, 0.1) is 6.42 Å². The minimum absolute atomic E-state index is 0.0972. The van der Waals surface area contributed by atoms with Gasteiger partial charge in [0.25, 0.3) is 0 Å². The van der Waals surface area contributed by atoms with Gasteiger partial charge in [0.1, 0.15) is 5.78 Å². The van der Waals surface area contributed by atoms with E-state index in [0.29, 0.717) is 19.3 Å². The van der Waals surface area contributed by atoms with Gasteiger partial charge < -0.3 is 5.11 Å². The number of Topliss-reactive ketones (excluding diaryl/α,β-unsaturated/α-hetero) is 1. The van der Waals surface area contributed by atoms with E-state index in [0.717, 1.165) is 16.0 Å². The molecule has 0 aliphatic heterocycles. The number of aliphatic carboxylic acids is 1. The van der Waals surface area contributed by atoms with Gasteiger partial charge in [0.2, 0.25) is 0 Å². The smallest absolute Gasteiger partial charge is 0.303 e. The number of rotatable bonds is 4. The molecule has 1 aliphatic carbocycles. The summed E-state index contributed by atoms with van der Waals surface area (Å²) in [6.45, 7) is 0. The molecule has 0 amide bonds. The fraction of sp³-hybridized carbons (Fsp3) is 0.200. The van der Waals surface area contributed by atoms with Gasteiger partial charge in [-0.15, -0.1) is 11.3 Å². The highest BCUT2D eigenvalue weighted by molar-refractivity contribution is 7.10. The van der Waals surface area contributed by atoms with Gasteiger partial charge in [-0.05, 0) is 62.5 Å². The number of carboxylic acid groups (broad SMARTS) is 1. The molecule has 0 saturated heterocycles. The first-order chi connectivity index (χ1) is 14.1. The fourth-order valence-electron chi connectivity index (χ4n) is 4.60. The molecule has 144 valence electrons. The van der Waals surface area contributed by atoms with Crippen LogP contribution in [0.5, 0.6) is 0 Å². The number of ketones is 1. The third-order valence-corrected chi connectivity index (χ3v) is 7.01. The van der Waals surface area contributed by atoms with Gasteiger partial charge in [-0.25, -0.2) is 0 Å². The van der Waals surface area contributed by atoms with E-state index >= 15 is 0 Å². The Labute approximate surface area is 172 Å². The summed E-state index contributed by atoms with van der Waals surface area (Å²) in [5.74, 6) is -0.759. The van der Waals surface area contributed by atoms with Crippen LogP contribution in [0.25, 0.3) is 21.5 Å². The highest BCUT2D eigenvalue weighted by Crippen LogP contribution is 2.39. The summed E-state index contributed by atoms with van der Waals surface area (Å²) in [6.07, 6.45) is 1.71. The molecule has 3 aromatic carbocycles. The Bertz CT molecular complexity index is 1270. The number of thiophene rings is 1. The van der Waals surface area contributed by atoms with Crippen molar-refractivity contribution in [1.29, 1.82) is 0 Å². The first-order valence-electron chi connectivity index (χ1n) is 9.85. The number of aryl methyl sites for hydroxylation is 1. The lowest BCUT2D eigenvalue weighted by Crippen LogP contribution is -2.24. The Morgan fingerprint density at radius 2 is 1.83 bits per heavy atom. The zero-order valence-electron chi connectivity index (χ0n) is 15.9.